The third-order valence-corrected chi connectivity index (χ3v) is 11.5. The Morgan fingerprint density at radius 1 is 1.13 bits per heavy atom. The van der Waals surface area contributed by atoms with E-state index in [4.69, 9.17) is 20.0 Å². The van der Waals surface area contributed by atoms with Crippen molar-refractivity contribution < 1.29 is 31.7 Å². The Kier molecular flexibility index (Phi) is 8.23. The third-order valence-electron chi connectivity index (χ3n) is 9.71. The molecule has 3 saturated carbocycles. The molecule has 3 N–H and O–H groups in total. The smallest absolute Gasteiger partial charge is 0.254 e. The van der Waals surface area contributed by atoms with Crippen LogP contribution in [0.15, 0.2) is 45.8 Å². The summed E-state index contributed by atoms with van der Waals surface area (Å²) in [6, 6.07) is 7.67. The molecule has 1 aromatic heterocycles. The van der Waals surface area contributed by atoms with E-state index in [-0.39, 0.29) is 39.6 Å². The maximum Gasteiger partial charge on any atom is 0.254 e. The molecule has 3 aromatic rings. The monoisotopic (exact) mass is 667 g/mol. The SMILES string of the molecule is CC(C)Oc1ccc(CN2C(=O)[C@@H](N)CS(=O)(=O)c3cc(F)c(C(=O)NC45CCC(c6nc(C(C)(C)C)no6)(CC4)CC5)cc32)cc1. The van der Waals surface area contributed by atoms with Crippen LogP contribution in [0.25, 0.3) is 0 Å². The fourth-order valence-electron chi connectivity index (χ4n) is 6.93. The van der Waals surface area contributed by atoms with E-state index >= 15 is 4.39 Å². The van der Waals surface area contributed by atoms with Crippen molar-refractivity contribution in [3.63, 3.8) is 0 Å². The average molecular weight is 668 g/mol. The number of benzene rings is 2. The predicted molar refractivity (Wildman–Crippen MR) is 172 cm³/mol. The van der Waals surface area contributed by atoms with Crippen LogP contribution in [0.3, 0.4) is 0 Å². The van der Waals surface area contributed by atoms with Gasteiger partial charge >= 0.3 is 0 Å². The lowest BCUT2D eigenvalue weighted by atomic mass is 9.57. The first kappa shape index (κ1) is 33.1. The number of hydrogen-bond acceptors (Lipinski definition) is 9. The first-order chi connectivity index (χ1) is 22.0. The van der Waals surface area contributed by atoms with Crippen LogP contribution in [0.2, 0.25) is 0 Å². The second-order valence-corrected chi connectivity index (χ2v) is 16.6. The number of nitrogens with zero attached hydrogens (tertiary/aromatic N) is 3. The summed E-state index contributed by atoms with van der Waals surface area (Å²) in [5.41, 5.74) is 5.25. The normalized spacial score (nSPS) is 25.4. The van der Waals surface area contributed by atoms with E-state index in [1.54, 1.807) is 24.3 Å². The minimum absolute atomic E-state index is 0.0288. The van der Waals surface area contributed by atoms with Crippen molar-refractivity contribution in [3.8, 4) is 5.75 Å². The average Bonchev–Trinajstić information content (AvgIpc) is 3.51. The molecule has 0 spiro atoms. The highest BCUT2D eigenvalue weighted by molar-refractivity contribution is 7.91. The second-order valence-electron chi connectivity index (χ2n) is 14.6. The molecule has 2 amide bonds. The van der Waals surface area contributed by atoms with Gasteiger partial charge in [0.1, 0.15) is 11.6 Å². The Morgan fingerprint density at radius 3 is 2.34 bits per heavy atom. The number of ether oxygens (including phenoxy) is 1. The molecule has 2 aromatic carbocycles. The second kappa shape index (κ2) is 11.7. The summed E-state index contributed by atoms with van der Waals surface area (Å²) in [5, 5.41) is 7.30. The Balaban J connectivity index is 1.27. The minimum atomic E-state index is -4.15. The van der Waals surface area contributed by atoms with Gasteiger partial charge < -0.3 is 25.2 Å². The fraction of sp³-hybridized carbons (Fsp3) is 0.529. The van der Waals surface area contributed by atoms with Gasteiger partial charge in [-0.1, -0.05) is 38.1 Å². The number of sulfone groups is 1. The van der Waals surface area contributed by atoms with E-state index in [0.29, 0.717) is 42.3 Å². The highest BCUT2D eigenvalue weighted by Crippen LogP contribution is 2.53. The van der Waals surface area contributed by atoms with E-state index < -0.39 is 44.8 Å². The zero-order chi connectivity index (χ0) is 33.9. The van der Waals surface area contributed by atoms with Crippen molar-refractivity contribution in [1.82, 2.24) is 15.5 Å². The van der Waals surface area contributed by atoms with Gasteiger partial charge in [0.15, 0.2) is 15.7 Å². The van der Waals surface area contributed by atoms with Crippen LogP contribution in [0.1, 0.15) is 101 Å². The van der Waals surface area contributed by atoms with Gasteiger partial charge in [0.05, 0.1) is 40.6 Å². The minimum Gasteiger partial charge on any atom is -0.491 e. The fourth-order valence-corrected chi connectivity index (χ4v) is 8.50. The Labute approximate surface area is 274 Å². The van der Waals surface area contributed by atoms with Crippen molar-refractivity contribution in [2.75, 3.05) is 10.7 Å². The van der Waals surface area contributed by atoms with Gasteiger partial charge in [-0.2, -0.15) is 4.98 Å². The molecule has 3 aliphatic carbocycles. The maximum atomic E-state index is 15.7. The highest BCUT2D eigenvalue weighted by atomic mass is 32.2. The molecule has 7 rings (SSSR count). The molecule has 0 saturated heterocycles. The molecular formula is C34H42FN5O6S. The molecule has 0 unspecified atom stereocenters. The summed E-state index contributed by atoms with van der Waals surface area (Å²) in [6.45, 7) is 9.86. The van der Waals surface area contributed by atoms with Crippen LogP contribution >= 0.6 is 0 Å². The number of fused-ring (bicyclic) bond motifs is 4. The number of nitrogens with two attached hydrogens (primary N) is 1. The van der Waals surface area contributed by atoms with Gasteiger partial charge in [0, 0.05) is 16.4 Å². The van der Waals surface area contributed by atoms with E-state index in [2.05, 4.69) is 10.5 Å². The highest BCUT2D eigenvalue weighted by Gasteiger charge is 2.53. The molecule has 13 heteroatoms. The quantitative estimate of drug-likeness (QED) is 0.364. The van der Waals surface area contributed by atoms with Gasteiger partial charge in [0.2, 0.25) is 11.8 Å². The molecule has 1 aliphatic heterocycles. The number of nitrogens with one attached hydrogen (secondary N) is 1. The van der Waals surface area contributed by atoms with Crippen LogP contribution in [0.5, 0.6) is 5.75 Å². The van der Waals surface area contributed by atoms with Gasteiger partial charge in [-0.05, 0) is 82.2 Å². The van der Waals surface area contributed by atoms with Crippen LogP contribution in [0.4, 0.5) is 10.1 Å². The molecule has 3 fully saturated rings. The number of carbonyl (C=O) groups excluding carboxylic acids is 2. The van der Waals surface area contributed by atoms with E-state index in [0.717, 1.165) is 25.3 Å². The summed E-state index contributed by atoms with van der Waals surface area (Å²) in [7, 11) is -4.15. The Hall–Kier alpha value is -3.84. The molecular weight excluding hydrogens is 625 g/mol. The van der Waals surface area contributed by atoms with E-state index in [1.165, 1.54) is 11.0 Å². The Morgan fingerprint density at radius 2 is 1.77 bits per heavy atom. The van der Waals surface area contributed by atoms with Gasteiger partial charge in [-0.25, -0.2) is 12.8 Å². The maximum absolute atomic E-state index is 15.7. The number of hydrogen-bond donors (Lipinski definition) is 2. The molecule has 11 nitrogen and oxygen atoms in total. The zero-order valence-corrected chi connectivity index (χ0v) is 28.2. The van der Waals surface area contributed by atoms with Crippen molar-refractivity contribution >= 4 is 27.3 Å². The Bertz CT molecular complexity index is 1790. The first-order valence-electron chi connectivity index (χ1n) is 16.1. The number of carbonyl (C=O) groups is 2. The molecule has 4 aliphatic rings. The van der Waals surface area contributed by atoms with Gasteiger partial charge in [-0.15, -0.1) is 0 Å². The third kappa shape index (κ3) is 6.27. The zero-order valence-electron chi connectivity index (χ0n) is 27.4. The van der Waals surface area contributed by atoms with Crippen molar-refractivity contribution in [2.45, 2.75) is 113 Å². The number of rotatable bonds is 7. The number of amides is 2. The number of halogens is 1. The lowest BCUT2D eigenvalue weighted by molar-refractivity contribution is -0.119. The van der Waals surface area contributed by atoms with Crippen molar-refractivity contribution in [1.29, 1.82) is 0 Å². The van der Waals surface area contributed by atoms with Gasteiger partial charge in [-0.3, -0.25) is 9.59 Å². The van der Waals surface area contributed by atoms with Crippen LogP contribution in [-0.4, -0.2) is 53.8 Å². The standard InChI is InChI=1S/C34H42FN5O6S/c1-20(2)45-22-8-6-21(7-9-22)18-40-26-16-23(24(35)17-27(26)47(43,44)19-25(36)29(40)42)28(41)38-34-13-10-33(11-14-34,12-15-34)31-37-30(39-46-31)32(3,4)5/h6-9,16-17,20,25H,10-15,18-19,36H2,1-5H3,(H,38,41)/t25-,33?,34?/m0/s1. The molecule has 1 atom stereocenters. The summed E-state index contributed by atoms with van der Waals surface area (Å²) >= 11 is 0. The number of aromatic nitrogens is 2. The first-order valence-corrected chi connectivity index (χ1v) is 17.7. The lowest BCUT2D eigenvalue weighted by Gasteiger charge is -2.52. The number of anilines is 1. The van der Waals surface area contributed by atoms with E-state index in [9.17, 15) is 18.0 Å². The molecule has 2 bridgehead atoms. The topological polar surface area (TPSA) is 158 Å². The summed E-state index contributed by atoms with van der Waals surface area (Å²) in [4.78, 5) is 32.8. The molecule has 47 heavy (non-hydrogen) atoms. The summed E-state index contributed by atoms with van der Waals surface area (Å²) in [5.74, 6) is -1.04. The largest absolute Gasteiger partial charge is 0.491 e. The summed E-state index contributed by atoms with van der Waals surface area (Å²) < 4.78 is 53.7. The van der Waals surface area contributed by atoms with Crippen LogP contribution in [-0.2, 0) is 32.0 Å². The molecule has 0 radical (unpaired) electrons. The summed E-state index contributed by atoms with van der Waals surface area (Å²) in [6.07, 6.45) is 4.08. The van der Waals surface area contributed by atoms with Gasteiger partial charge in [0.25, 0.3) is 5.91 Å². The van der Waals surface area contributed by atoms with Crippen molar-refractivity contribution in [2.24, 2.45) is 5.73 Å². The van der Waals surface area contributed by atoms with Crippen LogP contribution in [0, 0.1) is 5.82 Å². The predicted octanol–water partition coefficient (Wildman–Crippen LogP) is 4.72. The van der Waals surface area contributed by atoms with Crippen molar-refractivity contribution in [3.05, 3.63) is 65.1 Å². The lowest BCUT2D eigenvalue weighted by Crippen LogP contribution is -2.58. The van der Waals surface area contributed by atoms with Crippen LogP contribution < -0.4 is 20.7 Å². The van der Waals surface area contributed by atoms with E-state index in [1.807, 2.05) is 34.6 Å². The molecule has 2 heterocycles. The molecule has 252 valence electrons.